The predicted molar refractivity (Wildman–Crippen MR) is 112 cm³/mol. The lowest BCUT2D eigenvalue weighted by Gasteiger charge is -2.12. The van der Waals surface area contributed by atoms with E-state index in [1.807, 2.05) is 0 Å². The Morgan fingerprint density at radius 1 is 1.00 bits per heavy atom. The van der Waals surface area contributed by atoms with Crippen LogP contribution < -0.4 is 16.4 Å². The number of carbonyl (C=O) groups is 4. The summed E-state index contributed by atoms with van der Waals surface area (Å²) in [7, 11) is 0. The Balaban J connectivity index is 1.58. The molecule has 3 rings (SSSR count). The van der Waals surface area contributed by atoms with Crippen molar-refractivity contribution in [1.82, 2.24) is 5.32 Å². The van der Waals surface area contributed by atoms with Gasteiger partial charge in [-0.1, -0.05) is 24.3 Å². The van der Waals surface area contributed by atoms with E-state index in [0.29, 0.717) is 16.1 Å². The third-order valence-corrected chi connectivity index (χ3v) is 5.27. The van der Waals surface area contributed by atoms with Crippen LogP contribution in [0.15, 0.2) is 53.4 Å². The van der Waals surface area contributed by atoms with Gasteiger partial charge in [0.15, 0.2) is 6.61 Å². The van der Waals surface area contributed by atoms with Gasteiger partial charge in [0.05, 0.1) is 22.6 Å². The SMILES string of the molecule is NC(=O)CSc1ccccc1C(=O)OCC(=O)Nc1ccccc1C(=O)NC1CC1. The fraction of sp³-hybridized carbons (Fsp3) is 0.238. The first-order chi connectivity index (χ1) is 14.4. The van der Waals surface area contributed by atoms with Crippen molar-refractivity contribution >= 4 is 41.1 Å². The minimum atomic E-state index is -0.697. The molecule has 9 heteroatoms. The number of ether oxygens (including phenoxy) is 1. The minimum absolute atomic E-state index is 0.0183. The average molecular weight is 427 g/mol. The molecule has 1 aliphatic rings. The van der Waals surface area contributed by atoms with Gasteiger partial charge in [-0.3, -0.25) is 14.4 Å². The monoisotopic (exact) mass is 427 g/mol. The van der Waals surface area contributed by atoms with Crippen LogP contribution in [-0.4, -0.2) is 42.1 Å². The van der Waals surface area contributed by atoms with Crippen molar-refractivity contribution in [2.75, 3.05) is 17.7 Å². The maximum Gasteiger partial charge on any atom is 0.339 e. The number of nitrogens with two attached hydrogens (primary N) is 1. The highest BCUT2D eigenvalue weighted by molar-refractivity contribution is 8.00. The molecular formula is C21H21N3O5S. The molecule has 3 amide bonds. The zero-order valence-corrected chi connectivity index (χ0v) is 16.9. The summed E-state index contributed by atoms with van der Waals surface area (Å²) in [6, 6.07) is 13.4. The minimum Gasteiger partial charge on any atom is -0.452 e. The topological polar surface area (TPSA) is 128 Å². The third kappa shape index (κ3) is 6.08. The zero-order valence-electron chi connectivity index (χ0n) is 16.1. The second-order valence-electron chi connectivity index (χ2n) is 6.67. The summed E-state index contributed by atoms with van der Waals surface area (Å²) in [6.07, 6.45) is 1.91. The maximum atomic E-state index is 12.4. The first-order valence-corrected chi connectivity index (χ1v) is 10.3. The van der Waals surface area contributed by atoms with Gasteiger partial charge >= 0.3 is 5.97 Å². The molecule has 1 saturated carbocycles. The number of amides is 3. The molecule has 30 heavy (non-hydrogen) atoms. The number of nitrogens with one attached hydrogen (secondary N) is 2. The number of rotatable bonds is 9. The molecule has 0 heterocycles. The van der Waals surface area contributed by atoms with E-state index in [-0.39, 0.29) is 23.3 Å². The number of hydrogen-bond donors (Lipinski definition) is 3. The standard InChI is InChI=1S/C21H21N3O5S/c22-18(25)12-30-17-8-4-2-6-15(17)21(28)29-11-19(26)24-16-7-3-1-5-14(16)20(27)23-13-9-10-13/h1-8,13H,9-12H2,(H2,22,25)(H,23,27)(H,24,26). The van der Waals surface area contributed by atoms with Gasteiger partial charge in [-0.05, 0) is 37.1 Å². The molecule has 156 valence electrons. The van der Waals surface area contributed by atoms with E-state index in [0.717, 1.165) is 24.6 Å². The number of anilines is 1. The molecule has 0 atom stereocenters. The number of hydrogen-bond acceptors (Lipinski definition) is 6. The summed E-state index contributed by atoms with van der Waals surface area (Å²) in [6.45, 7) is -0.522. The second-order valence-corrected chi connectivity index (χ2v) is 7.69. The van der Waals surface area contributed by atoms with Crippen molar-refractivity contribution in [3.63, 3.8) is 0 Å². The molecule has 4 N–H and O–H groups in total. The van der Waals surface area contributed by atoms with E-state index >= 15 is 0 Å². The highest BCUT2D eigenvalue weighted by Gasteiger charge is 2.25. The van der Waals surface area contributed by atoms with Crippen LogP contribution in [0.25, 0.3) is 0 Å². The number of benzene rings is 2. The van der Waals surface area contributed by atoms with Gasteiger partial charge in [0, 0.05) is 10.9 Å². The third-order valence-electron chi connectivity index (χ3n) is 4.17. The van der Waals surface area contributed by atoms with Crippen molar-refractivity contribution in [1.29, 1.82) is 0 Å². The molecule has 0 aromatic heterocycles. The van der Waals surface area contributed by atoms with Crippen LogP contribution in [0.3, 0.4) is 0 Å². The smallest absolute Gasteiger partial charge is 0.339 e. The van der Waals surface area contributed by atoms with Crippen molar-refractivity contribution in [3.8, 4) is 0 Å². The first-order valence-electron chi connectivity index (χ1n) is 9.31. The summed E-state index contributed by atoms with van der Waals surface area (Å²) < 4.78 is 5.10. The number of thioether (sulfide) groups is 1. The highest BCUT2D eigenvalue weighted by atomic mass is 32.2. The highest BCUT2D eigenvalue weighted by Crippen LogP contribution is 2.23. The molecule has 2 aromatic carbocycles. The van der Waals surface area contributed by atoms with Crippen LogP contribution >= 0.6 is 11.8 Å². The Labute approximate surface area is 177 Å². The van der Waals surface area contributed by atoms with Gasteiger partial charge in [0.2, 0.25) is 5.91 Å². The molecule has 1 fully saturated rings. The molecule has 1 aliphatic carbocycles. The Morgan fingerprint density at radius 2 is 1.67 bits per heavy atom. The largest absolute Gasteiger partial charge is 0.452 e. The fourth-order valence-corrected chi connectivity index (χ4v) is 3.37. The normalized spacial score (nSPS) is 12.7. The lowest BCUT2D eigenvalue weighted by molar-refractivity contribution is -0.119. The Morgan fingerprint density at radius 3 is 2.37 bits per heavy atom. The van der Waals surface area contributed by atoms with E-state index in [1.165, 1.54) is 0 Å². The van der Waals surface area contributed by atoms with Crippen LogP contribution in [0.4, 0.5) is 5.69 Å². The number of para-hydroxylation sites is 1. The van der Waals surface area contributed by atoms with E-state index < -0.39 is 24.4 Å². The molecule has 0 unspecified atom stereocenters. The molecule has 0 bridgehead atoms. The molecule has 0 radical (unpaired) electrons. The lowest BCUT2D eigenvalue weighted by atomic mass is 10.1. The summed E-state index contributed by atoms with van der Waals surface area (Å²) in [5, 5.41) is 5.47. The molecule has 0 spiro atoms. The van der Waals surface area contributed by atoms with E-state index in [9.17, 15) is 19.2 Å². The van der Waals surface area contributed by atoms with Crippen molar-refractivity contribution in [2.45, 2.75) is 23.8 Å². The number of carbonyl (C=O) groups excluding carboxylic acids is 4. The average Bonchev–Trinajstić information content (AvgIpc) is 3.55. The lowest BCUT2D eigenvalue weighted by Crippen LogP contribution is -2.28. The van der Waals surface area contributed by atoms with Gasteiger partial charge in [-0.25, -0.2) is 4.79 Å². The number of primary amides is 1. The first kappa shape index (κ1) is 21.4. The van der Waals surface area contributed by atoms with Gasteiger partial charge < -0.3 is 21.1 Å². The van der Waals surface area contributed by atoms with Crippen LogP contribution in [0.1, 0.15) is 33.6 Å². The summed E-state index contributed by atoms with van der Waals surface area (Å²) >= 11 is 1.11. The van der Waals surface area contributed by atoms with Crippen LogP contribution in [0, 0.1) is 0 Å². The van der Waals surface area contributed by atoms with Crippen molar-refractivity contribution < 1.29 is 23.9 Å². The quantitative estimate of drug-likeness (QED) is 0.415. The molecular weight excluding hydrogens is 406 g/mol. The second kappa shape index (κ2) is 9.93. The fourth-order valence-electron chi connectivity index (χ4n) is 2.59. The maximum absolute atomic E-state index is 12.4. The van der Waals surface area contributed by atoms with Crippen molar-refractivity contribution in [2.24, 2.45) is 5.73 Å². The van der Waals surface area contributed by atoms with E-state index in [1.54, 1.807) is 48.5 Å². The van der Waals surface area contributed by atoms with Gasteiger partial charge in [-0.15, -0.1) is 11.8 Å². The summed E-state index contributed by atoms with van der Waals surface area (Å²) in [5.74, 6) is -2.02. The van der Waals surface area contributed by atoms with Crippen LogP contribution in [-0.2, 0) is 14.3 Å². The van der Waals surface area contributed by atoms with E-state index in [4.69, 9.17) is 10.5 Å². The number of esters is 1. The van der Waals surface area contributed by atoms with E-state index in [2.05, 4.69) is 10.6 Å². The van der Waals surface area contributed by atoms with Gasteiger partial charge in [-0.2, -0.15) is 0 Å². The summed E-state index contributed by atoms with van der Waals surface area (Å²) in [5.41, 5.74) is 6.07. The Hall–Kier alpha value is -3.33. The molecule has 8 nitrogen and oxygen atoms in total. The Kier molecular flexibility index (Phi) is 7.08. The predicted octanol–water partition coefficient (Wildman–Crippen LogP) is 1.95. The van der Waals surface area contributed by atoms with Gasteiger partial charge in [0.1, 0.15) is 0 Å². The van der Waals surface area contributed by atoms with Crippen LogP contribution in [0.2, 0.25) is 0 Å². The zero-order chi connectivity index (χ0) is 21.5. The van der Waals surface area contributed by atoms with Crippen LogP contribution in [0.5, 0.6) is 0 Å². The molecule has 2 aromatic rings. The summed E-state index contributed by atoms with van der Waals surface area (Å²) in [4.78, 5) is 48.5. The Bertz CT molecular complexity index is 975. The van der Waals surface area contributed by atoms with Crippen molar-refractivity contribution in [3.05, 3.63) is 59.7 Å². The molecule has 0 aliphatic heterocycles. The van der Waals surface area contributed by atoms with Gasteiger partial charge in [0.25, 0.3) is 11.8 Å². The molecule has 0 saturated heterocycles.